The van der Waals surface area contributed by atoms with E-state index < -0.39 is 17.6 Å². The largest absolute Gasteiger partial charge is 0.493 e. The van der Waals surface area contributed by atoms with Gasteiger partial charge in [-0.15, -0.1) is 0 Å². The number of benzene rings is 3. The van der Waals surface area contributed by atoms with Gasteiger partial charge in [0.1, 0.15) is 11.8 Å². The molecule has 2 aliphatic heterocycles. The molecule has 262 valence electrons. The number of aliphatic carboxylic acids is 1. The van der Waals surface area contributed by atoms with Crippen LogP contribution in [0, 0.1) is 39.5 Å². The van der Waals surface area contributed by atoms with Gasteiger partial charge in [-0.1, -0.05) is 72.0 Å². The highest BCUT2D eigenvalue weighted by Crippen LogP contribution is 2.40. The van der Waals surface area contributed by atoms with Crippen LogP contribution >= 0.6 is 0 Å². The van der Waals surface area contributed by atoms with Gasteiger partial charge in [0.15, 0.2) is 0 Å². The number of carboxylic acid groups (broad SMARTS) is 1. The van der Waals surface area contributed by atoms with E-state index in [-0.39, 0.29) is 49.7 Å². The van der Waals surface area contributed by atoms with Crippen molar-refractivity contribution in [3.05, 3.63) is 99.6 Å². The summed E-state index contributed by atoms with van der Waals surface area (Å²) in [6.45, 7) is 9.71. The van der Waals surface area contributed by atoms with Crippen LogP contribution in [-0.2, 0) is 32.8 Å². The van der Waals surface area contributed by atoms with Crippen LogP contribution in [0.4, 0.5) is 0 Å². The average molecular weight is 676 g/mol. The van der Waals surface area contributed by atoms with Crippen molar-refractivity contribution < 1.29 is 24.2 Å². The van der Waals surface area contributed by atoms with Crippen LogP contribution in [-0.4, -0.2) is 70.5 Å². The molecule has 2 bridgehead atoms. The molecular formula is C42H49N3O5. The lowest BCUT2D eigenvalue weighted by molar-refractivity contribution is -0.154. The maximum absolute atomic E-state index is 15.0. The fraction of sp³-hybridized carbons (Fsp3) is 0.452. The van der Waals surface area contributed by atoms with Gasteiger partial charge < -0.3 is 19.6 Å². The lowest BCUT2D eigenvalue weighted by Crippen LogP contribution is -2.73. The Labute approximate surface area is 296 Å². The minimum absolute atomic E-state index is 0.0674. The molecule has 8 heteroatoms. The highest BCUT2D eigenvalue weighted by Gasteiger charge is 2.56. The summed E-state index contributed by atoms with van der Waals surface area (Å²) < 4.78 is 6.20. The molecular weight excluding hydrogens is 626 g/mol. The first-order chi connectivity index (χ1) is 24.0. The Morgan fingerprint density at radius 3 is 2.34 bits per heavy atom. The zero-order valence-corrected chi connectivity index (χ0v) is 29.8. The molecule has 1 aliphatic carbocycles. The van der Waals surface area contributed by atoms with E-state index in [1.54, 1.807) is 4.90 Å². The predicted octanol–water partition coefficient (Wildman–Crippen LogP) is 5.80. The zero-order chi connectivity index (χ0) is 35.4. The van der Waals surface area contributed by atoms with Crippen LogP contribution in [0.25, 0.3) is 0 Å². The van der Waals surface area contributed by atoms with Gasteiger partial charge in [-0.2, -0.15) is 0 Å². The van der Waals surface area contributed by atoms with Gasteiger partial charge >= 0.3 is 5.97 Å². The first-order valence-electron chi connectivity index (χ1n) is 18.0. The quantitative estimate of drug-likeness (QED) is 0.210. The molecule has 2 fully saturated rings. The molecule has 2 N–H and O–H groups in total. The summed E-state index contributed by atoms with van der Waals surface area (Å²) in [4.78, 5) is 43.9. The highest BCUT2D eigenvalue weighted by atomic mass is 16.5. The Balaban J connectivity index is 1.27. The molecule has 2 amide bonds. The molecule has 0 radical (unpaired) electrons. The van der Waals surface area contributed by atoms with Crippen molar-refractivity contribution in [2.75, 3.05) is 19.7 Å². The number of carbonyl (C=O) groups excluding carboxylic acids is 2. The Kier molecular flexibility index (Phi) is 10.6. The van der Waals surface area contributed by atoms with Gasteiger partial charge in [-0.25, -0.2) is 0 Å². The topological polar surface area (TPSA) is 99.2 Å². The zero-order valence-electron chi connectivity index (χ0n) is 29.8. The van der Waals surface area contributed by atoms with Crippen molar-refractivity contribution >= 4 is 17.8 Å². The van der Waals surface area contributed by atoms with Crippen molar-refractivity contribution in [2.24, 2.45) is 0 Å². The van der Waals surface area contributed by atoms with E-state index in [2.05, 4.69) is 106 Å². The molecule has 8 nitrogen and oxygen atoms in total. The van der Waals surface area contributed by atoms with Gasteiger partial charge in [0, 0.05) is 44.8 Å². The molecule has 50 heavy (non-hydrogen) atoms. The van der Waals surface area contributed by atoms with Crippen molar-refractivity contribution in [1.82, 2.24) is 15.1 Å². The Morgan fingerprint density at radius 2 is 1.64 bits per heavy atom. The molecule has 2 heterocycles. The van der Waals surface area contributed by atoms with Crippen molar-refractivity contribution in [2.45, 2.75) is 103 Å². The molecule has 1 unspecified atom stereocenters. The van der Waals surface area contributed by atoms with E-state index in [9.17, 15) is 19.5 Å². The molecule has 0 aromatic heterocycles. The first-order valence-corrected chi connectivity index (χ1v) is 18.0. The summed E-state index contributed by atoms with van der Waals surface area (Å²) in [7, 11) is 0. The van der Waals surface area contributed by atoms with Crippen molar-refractivity contribution in [3.63, 3.8) is 0 Å². The highest BCUT2D eigenvalue weighted by molar-refractivity contribution is 5.90. The number of ether oxygens (including phenoxy) is 1. The second kappa shape index (κ2) is 15.1. The van der Waals surface area contributed by atoms with Crippen LogP contribution in [0.5, 0.6) is 5.75 Å². The second-order valence-electron chi connectivity index (χ2n) is 14.4. The Hall–Kier alpha value is -4.61. The summed E-state index contributed by atoms with van der Waals surface area (Å²) in [6.07, 6.45) is 3.91. The van der Waals surface area contributed by atoms with Gasteiger partial charge in [-0.05, 0) is 92.8 Å². The predicted molar refractivity (Wildman–Crippen MR) is 194 cm³/mol. The van der Waals surface area contributed by atoms with E-state index in [0.29, 0.717) is 19.6 Å². The minimum atomic E-state index is -0.935. The smallest absolute Gasteiger partial charge is 0.303 e. The number of fused-ring (bicyclic) bond motifs is 2. The van der Waals surface area contributed by atoms with E-state index in [1.807, 2.05) is 4.90 Å². The number of hydrogen-bond acceptors (Lipinski definition) is 5. The summed E-state index contributed by atoms with van der Waals surface area (Å²) in [5.74, 6) is 6.30. The molecule has 3 aliphatic rings. The fourth-order valence-electron chi connectivity index (χ4n) is 7.43. The number of nitrogens with zero attached hydrogens (tertiary/aromatic N) is 2. The number of carbonyl (C=O) groups is 3. The Bertz CT molecular complexity index is 1790. The molecule has 3 aromatic carbocycles. The molecule has 3 aromatic rings. The Morgan fingerprint density at radius 1 is 0.940 bits per heavy atom. The van der Waals surface area contributed by atoms with Crippen LogP contribution in [0.3, 0.4) is 0 Å². The number of rotatable bonds is 14. The SMILES string of the molecule is Cc1ccc(CCN(C(=O)C2N(C(=O)CCCC(=O)O)C[C@@H]3C#CC[C@]2(c2ccc(CCOc4cc(C)cc(C)c4C)cc2)N3)C2CC2)cc1. The molecule has 6 rings (SSSR count). The molecule has 0 spiro atoms. The molecule has 3 atom stereocenters. The maximum Gasteiger partial charge on any atom is 0.303 e. The third kappa shape index (κ3) is 7.89. The maximum atomic E-state index is 15.0. The van der Waals surface area contributed by atoms with Gasteiger partial charge in [-0.3, -0.25) is 19.7 Å². The van der Waals surface area contributed by atoms with Crippen molar-refractivity contribution in [3.8, 4) is 17.6 Å². The number of aryl methyl sites for hydroxylation is 3. The van der Waals surface area contributed by atoms with Gasteiger partial charge in [0.2, 0.25) is 11.8 Å². The van der Waals surface area contributed by atoms with Gasteiger partial charge in [0.25, 0.3) is 0 Å². The van der Waals surface area contributed by atoms with E-state index in [0.717, 1.165) is 48.1 Å². The average Bonchev–Trinajstić information content (AvgIpc) is 3.93. The third-order valence-electron chi connectivity index (χ3n) is 10.5. The summed E-state index contributed by atoms with van der Waals surface area (Å²) in [5.41, 5.74) is 7.03. The summed E-state index contributed by atoms with van der Waals surface area (Å²) in [6, 6.07) is 20.0. The number of amides is 2. The standard InChI is InChI=1S/C42H49N3O5/c1-28-10-12-32(13-11-28)20-23-44(36-18-19-36)41(49)40-42(22-6-7-35(43-42)27-45(40)38(46)8-5-9-39(47)48)34-16-14-33(15-17-34)21-24-50-37-26-29(2)25-30(3)31(37)4/h10-17,25-26,35-36,40,43H,5,8-9,18-24,27H2,1-4H3,(H,47,48)/t35-,40?,42+/m0/s1. The third-order valence-corrected chi connectivity index (χ3v) is 10.5. The van der Waals surface area contributed by atoms with E-state index >= 15 is 0 Å². The number of piperazine rings is 1. The monoisotopic (exact) mass is 675 g/mol. The first kappa shape index (κ1) is 35.2. The lowest BCUT2D eigenvalue weighted by atomic mass is 9.73. The normalized spacial score (nSPS) is 20.8. The van der Waals surface area contributed by atoms with Crippen molar-refractivity contribution in [1.29, 1.82) is 0 Å². The molecule has 1 saturated carbocycles. The van der Waals surface area contributed by atoms with E-state index in [4.69, 9.17) is 4.74 Å². The minimum Gasteiger partial charge on any atom is -0.493 e. The summed E-state index contributed by atoms with van der Waals surface area (Å²) in [5, 5.41) is 13.0. The summed E-state index contributed by atoms with van der Waals surface area (Å²) >= 11 is 0. The molecule has 1 saturated heterocycles. The lowest BCUT2D eigenvalue weighted by Gasteiger charge is -2.53. The fourth-order valence-corrected chi connectivity index (χ4v) is 7.43. The van der Waals surface area contributed by atoms with Crippen LogP contribution in [0.1, 0.15) is 77.5 Å². The van der Waals surface area contributed by atoms with E-state index in [1.165, 1.54) is 22.3 Å². The number of carboxylic acids is 1. The number of hydrogen-bond donors (Lipinski definition) is 2. The number of nitrogens with one attached hydrogen (secondary N) is 1. The van der Waals surface area contributed by atoms with Crippen LogP contribution in [0.15, 0.2) is 60.7 Å². The second-order valence-corrected chi connectivity index (χ2v) is 14.4. The van der Waals surface area contributed by atoms with Crippen LogP contribution in [0.2, 0.25) is 0 Å². The van der Waals surface area contributed by atoms with Gasteiger partial charge in [0.05, 0.1) is 18.2 Å². The van der Waals surface area contributed by atoms with Crippen LogP contribution < -0.4 is 10.1 Å².